The highest BCUT2D eigenvalue weighted by Gasteiger charge is 2.21. The van der Waals surface area contributed by atoms with E-state index >= 15 is 0 Å². The van der Waals surface area contributed by atoms with Gasteiger partial charge in [0.1, 0.15) is 6.20 Å². The molecule has 7 nitrogen and oxygen atoms in total. The Labute approximate surface area is 126 Å². The van der Waals surface area contributed by atoms with E-state index < -0.39 is 4.92 Å². The zero-order chi connectivity index (χ0) is 15.2. The van der Waals surface area contributed by atoms with E-state index in [9.17, 15) is 10.1 Å². The standard InChI is InChI=1S/C13H17N5O2S/c1-3-6-14-13-15-8-11(18(19)20)12(16-13)17(2)9-10-5-4-7-21-10/h4-5,7-8H,3,6,9H2,1-2H3,(H,14,15,16). The first-order valence-corrected chi connectivity index (χ1v) is 7.48. The van der Waals surface area contributed by atoms with Crippen LogP contribution >= 0.6 is 11.3 Å². The molecule has 0 saturated heterocycles. The molecular weight excluding hydrogens is 290 g/mol. The van der Waals surface area contributed by atoms with E-state index in [4.69, 9.17) is 0 Å². The zero-order valence-corrected chi connectivity index (χ0v) is 12.8. The van der Waals surface area contributed by atoms with Crippen LogP contribution in [0.5, 0.6) is 0 Å². The molecule has 112 valence electrons. The highest BCUT2D eigenvalue weighted by molar-refractivity contribution is 7.09. The van der Waals surface area contributed by atoms with Crippen LogP contribution in [0.4, 0.5) is 17.5 Å². The van der Waals surface area contributed by atoms with Crippen molar-refractivity contribution in [3.63, 3.8) is 0 Å². The van der Waals surface area contributed by atoms with Crippen molar-refractivity contribution in [1.82, 2.24) is 9.97 Å². The van der Waals surface area contributed by atoms with Gasteiger partial charge >= 0.3 is 5.69 Å². The van der Waals surface area contributed by atoms with Crippen LogP contribution in [0.1, 0.15) is 18.2 Å². The number of nitro groups is 1. The summed E-state index contributed by atoms with van der Waals surface area (Å²) in [5, 5.41) is 16.2. The normalized spacial score (nSPS) is 10.4. The second kappa shape index (κ2) is 6.98. The van der Waals surface area contributed by atoms with Gasteiger partial charge in [-0.15, -0.1) is 11.3 Å². The van der Waals surface area contributed by atoms with Gasteiger partial charge in [-0.25, -0.2) is 4.98 Å². The highest BCUT2D eigenvalue weighted by Crippen LogP contribution is 2.27. The number of rotatable bonds is 7. The van der Waals surface area contributed by atoms with Gasteiger partial charge in [-0.1, -0.05) is 13.0 Å². The number of hydrogen-bond donors (Lipinski definition) is 1. The summed E-state index contributed by atoms with van der Waals surface area (Å²) in [6.07, 6.45) is 2.19. The summed E-state index contributed by atoms with van der Waals surface area (Å²) in [5.74, 6) is 0.734. The molecule has 0 spiro atoms. The minimum absolute atomic E-state index is 0.0869. The molecule has 2 rings (SSSR count). The van der Waals surface area contributed by atoms with Crippen LogP contribution in [0.2, 0.25) is 0 Å². The molecular formula is C13H17N5O2S. The van der Waals surface area contributed by atoms with Crippen molar-refractivity contribution < 1.29 is 4.92 Å². The topological polar surface area (TPSA) is 84.2 Å². The Morgan fingerprint density at radius 1 is 1.52 bits per heavy atom. The van der Waals surface area contributed by atoms with Gasteiger partial charge in [-0.2, -0.15) is 4.98 Å². The summed E-state index contributed by atoms with van der Waals surface area (Å²) < 4.78 is 0. The summed E-state index contributed by atoms with van der Waals surface area (Å²) in [7, 11) is 1.79. The van der Waals surface area contributed by atoms with Gasteiger partial charge in [-0.3, -0.25) is 10.1 Å². The predicted octanol–water partition coefficient (Wildman–Crippen LogP) is 2.90. The Morgan fingerprint density at radius 2 is 2.33 bits per heavy atom. The third kappa shape index (κ3) is 3.88. The summed E-state index contributed by atoms with van der Waals surface area (Å²) in [4.78, 5) is 21.8. The third-order valence-electron chi connectivity index (χ3n) is 2.81. The number of anilines is 2. The zero-order valence-electron chi connectivity index (χ0n) is 11.9. The minimum Gasteiger partial charge on any atom is -0.354 e. The van der Waals surface area contributed by atoms with Gasteiger partial charge in [0.15, 0.2) is 0 Å². The Hall–Kier alpha value is -2.22. The van der Waals surface area contributed by atoms with Crippen LogP contribution in [0.3, 0.4) is 0 Å². The fourth-order valence-corrected chi connectivity index (χ4v) is 2.57. The van der Waals surface area contributed by atoms with Crippen LogP contribution in [0.25, 0.3) is 0 Å². The first-order chi connectivity index (χ1) is 10.1. The number of nitrogens with one attached hydrogen (secondary N) is 1. The number of thiophene rings is 1. The van der Waals surface area contributed by atoms with E-state index in [1.807, 2.05) is 24.4 Å². The van der Waals surface area contributed by atoms with Crippen molar-refractivity contribution >= 4 is 28.8 Å². The van der Waals surface area contributed by atoms with Crippen molar-refractivity contribution in [2.24, 2.45) is 0 Å². The molecule has 21 heavy (non-hydrogen) atoms. The fourth-order valence-electron chi connectivity index (χ4n) is 1.81. The van der Waals surface area contributed by atoms with Gasteiger partial charge in [0.25, 0.3) is 0 Å². The number of hydrogen-bond acceptors (Lipinski definition) is 7. The number of aromatic nitrogens is 2. The molecule has 0 aliphatic heterocycles. The van der Waals surface area contributed by atoms with Gasteiger partial charge in [-0.05, 0) is 17.9 Å². The summed E-state index contributed by atoms with van der Waals surface area (Å²) in [5.41, 5.74) is -0.0869. The maximum atomic E-state index is 11.1. The lowest BCUT2D eigenvalue weighted by molar-refractivity contribution is -0.384. The first kappa shape index (κ1) is 15.2. The average molecular weight is 307 g/mol. The molecule has 0 aromatic carbocycles. The molecule has 0 radical (unpaired) electrons. The molecule has 2 heterocycles. The second-order valence-corrected chi connectivity index (χ2v) is 5.55. The molecule has 8 heteroatoms. The van der Waals surface area contributed by atoms with Gasteiger partial charge in [0.2, 0.25) is 11.8 Å². The Kier molecular flexibility index (Phi) is 5.04. The third-order valence-corrected chi connectivity index (χ3v) is 3.68. The number of nitrogens with zero attached hydrogens (tertiary/aromatic N) is 4. The van der Waals surface area contributed by atoms with E-state index in [2.05, 4.69) is 15.3 Å². The molecule has 1 N–H and O–H groups in total. The molecule has 2 aromatic rings. The quantitative estimate of drug-likeness (QED) is 0.625. The second-order valence-electron chi connectivity index (χ2n) is 4.52. The SMILES string of the molecule is CCCNc1ncc([N+](=O)[O-])c(N(C)Cc2cccs2)n1. The van der Waals surface area contributed by atoms with E-state index in [0.29, 0.717) is 18.3 Å². The molecule has 0 amide bonds. The maximum Gasteiger partial charge on any atom is 0.329 e. The minimum atomic E-state index is -0.455. The molecule has 2 aromatic heterocycles. The molecule has 0 fully saturated rings. The lowest BCUT2D eigenvalue weighted by Crippen LogP contribution is -2.19. The summed E-state index contributed by atoms with van der Waals surface area (Å²) in [6, 6.07) is 3.95. The smallest absolute Gasteiger partial charge is 0.329 e. The summed E-state index contributed by atoms with van der Waals surface area (Å²) >= 11 is 1.61. The molecule has 0 aliphatic rings. The maximum absolute atomic E-state index is 11.1. The monoisotopic (exact) mass is 307 g/mol. The van der Waals surface area contributed by atoms with Gasteiger partial charge in [0, 0.05) is 18.5 Å². The Balaban J connectivity index is 2.26. The molecule has 0 atom stereocenters. The van der Waals surface area contributed by atoms with E-state index in [-0.39, 0.29) is 5.69 Å². The van der Waals surface area contributed by atoms with Crippen LogP contribution in [-0.4, -0.2) is 28.5 Å². The van der Waals surface area contributed by atoms with Crippen LogP contribution in [-0.2, 0) is 6.54 Å². The van der Waals surface area contributed by atoms with Crippen molar-refractivity contribution in [3.05, 3.63) is 38.7 Å². The first-order valence-electron chi connectivity index (χ1n) is 6.60. The van der Waals surface area contributed by atoms with E-state index in [1.165, 1.54) is 6.20 Å². The van der Waals surface area contributed by atoms with E-state index in [1.54, 1.807) is 23.3 Å². The Bertz CT molecular complexity index is 603. The van der Waals surface area contributed by atoms with E-state index in [0.717, 1.165) is 17.8 Å². The van der Waals surface area contributed by atoms with Crippen LogP contribution < -0.4 is 10.2 Å². The Morgan fingerprint density at radius 3 is 2.95 bits per heavy atom. The predicted molar refractivity (Wildman–Crippen MR) is 83.9 cm³/mol. The average Bonchev–Trinajstić information content (AvgIpc) is 2.97. The molecule has 0 saturated carbocycles. The largest absolute Gasteiger partial charge is 0.354 e. The van der Waals surface area contributed by atoms with Crippen molar-refractivity contribution in [2.75, 3.05) is 23.8 Å². The lowest BCUT2D eigenvalue weighted by Gasteiger charge is -2.17. The van der Waals surface area contributed by atoms with Crippen molar-refractivity contribution in [1.29, 1.82) is 0 Å². The van der Waals surface area contributed by atoms with Gasteiger partial charge in [0.05, 0.1) is 11.5 Å². The molecule has 0 unspecified atom stereocenters. The van der Waals surface area contributed by atoms with Crippen LogP contribution in [0.15, 0.2) is 23.7 Å². The lowest BCUT2D eigenvalue weighted by atomic mass is 10.4. The summed E-state index contributed by atoms with van der Waals surface area (Å²) in [6.45, 7) is 3.33. The van der Waals surface area contributed by atoms with Crippen molar-refractivity contribution in [3.8, 4) is 0 Å². The van der Waals surface area contributed by atoms with Crippen molar-refractivity contribution in [2.45, 2.75) is 19.9 Å². The highest BCUT2D eigenvalue weighted by atomic mass is 32.1. The molecule has 0 aliphatic carbocycles. The van der Waals surface area contributed by atoms with Crippen LogP contribution in [0, 0.1) is 10.1 Å². The van der Waals surface area contributed by atoms with Gasteiger partial charge < -0.3 is 10.2 Å². The molecule has 0 bridgehead atoms. The fraction of sp³-hybridized carbons (Fsp3) is 0.385.